The van der Waals surface area contributed by atoms with E-state index in [0.717, 1.165) is 25.2 Å². The summed E-state index contributed by atoms with van der Waals surface area (Å²) >= 11 is 0. The Hall–Kier alpha value is -1.87. The lowest BCUT2D eigenvalue weighted by Crippen LogP contribution is -2.33. The minimum atomic E-state index is 0.0756. The molecule has 0 saturated carbocycles. The van der Waals surface area contributed by atoms with Crippen molar-refractivity contribution in [2.45, 2.75) is 25.3 Å². The van der Waals surface area contributed by atoms with Gasteiger partial charge in [0.1, 0.15) is 0 Å². The third-order valence-corrected chi connectivity index (χ3v) is 4.43. The topological polar surface area (TPSA) is 25.2 Å². The SMILES string of the molecule is Cn1ccc(CN2CCC(c3ccccc3)CC2)cc1=O. The third-order valence-electron chi connectivity index (χ3n) is 4.43. The summed E-state index contributed by atoms with van der Waals surface area (Å²) in [6, 6.07) is 14.6. The zero-order chi connectivity index (χ0) is 14.7. The molecule has 3 nitrogen and oxygen atoms in total. The second-order valence-corrected chi connectivity index (χ2v) is 5.95. The normalized spacial score (nSPS) is 17.0. The summed E-state index contributed by atoms with van der Waals surface area (Å²) in [5, 5.41) is 0. The van der Waals surface area contributed by atoms with E-state index in [2.05, 4.69) is 35.2 Å². The Morgan fingerprint density at radius 3 is 2.48 bits per heavy atom. The molecule has 1 aliphatic rings. The van der Waals surface area contributed by atoms with Gasteiger partial charge in [0.05, 0.1) is 0 Å². The first kappa shape index (κ1) is 14.1. The summed E-state index contributed by atoms with van der Waals surface area (Å²) in [5.74, 6) is 0.686. The highest BCUT2D eigenvalue weighted by Crippen LogP contribution is 2.28. The summed E-state index contributed by atoms with van der Waals surface area (Å²) in [6.45, 7) is 3.10. The zero-order valence-corrected chi connectivity index (χ0v) is 12.5. The minimum absolute atomic E-state index is 0.0756. The minimum Gasteiger partial charge on any atom is -0.319 e. The van der Waals surface area contributed by atoms with Gasteiger partial charge >= 0.3 is 0 Å². The number of hydrogen-bond donors (Lipinski definition) is 0. The van der Waals surface area contributed by atoms with Crippen molar-refractivity contribution in [3.05, 3.63) is 70.1 Å². The summed E-state index contributed by atoms with van der Waals surface area (Å²) in [7, 11) is 1.79. The number of benzene rings is 1. The van der Waals surface area contributed by atoms with Crippen LogP contribution in [0.3, 0.4) is 0 Å². The van der Waals surface area contributed by atoms with Crippen molar-refractivity contribution in [2.24, 2.45) is 7.05 Å². The Kier molecular flexibility index (Phi) is 4.20. The van der Waals surface area contributed by atoms with Crippen LogP contribution in [0.25, 0.3) is 0 Å². The predicted octanol–water partition coefficient (Wildman–Crippen LogP) is 2.76. The van der Waals surface area contributed by atoms with Crippen molar-refractivity contribution >= 4 is 0 Å². The Morgan fingerprint density at radius 1 is 1.10 bits per heavy atom. The van der Waals surface area contributed by atoms with Gasteiger partial charge in [0.15, 0.2) is 0 Å². The van der Waals surface area contributed by atoms with E-state index < -0.39 is 0 Å². The first-order chi connectivity index (χ1) is 10.2. The smallest absolute Gasteiger partial charge is 0.250 e. The monoisotopic (exact) mass is 282 g/mol. The zero-order valence-electron chi connectivity index (χ0n) is 12.5. The van der Waals surface area contributed by atoms with E-state index in [4.69, 9.17) is 0 Å². The van der Waals surface area contributed by atoms with E-state index in [1.807, 2.05) is 12.3 Å². The molecule has 0 aliphatic carbocycles. The van der Waals surface area contributed by atoms with E-state index in [9.17, 15) is 4.79 Å². The maximum atomic E-state index is 11.7. The molecular weight excluding hydrogens is 260 g/mol. The van der Waals surface area contributed by atoms with Gasteiger partial charge in [-0.25, -0.2) is 0 Å². The summed E-state index contributed by atoms with van der Waals surface area (Å²) in [5.41, 5.74) is 2.66. The van der Waals surface area contributed by atoms with Crippen molar-refractivity contribution in [1.29, 1.82) is 0 Å². The second-order valence-electron chi connectivity index (χ2n) is 5.95. The van der Waals surface area contributed by atoms with Crippen molar-refractivity contribution in [1.82, 2.24) is 9.47 Å². The van der Waals surface area contributed by atoms with Crippen LogP contribution in [0.2, 0.25) is 0 Å². The molecule has 1 aliphatic heterocycles. The molecule has 2 aromatic rings. The number of nitrogens with zero attached hydrogens (tertiary/aromatic N) is 2. The second kappa shape index (κ2) is 6.27. The number of rotatable bonds is 3. The molecule has 3 heteroatoms. The van der Waals surface area contributed by atoms with E-state index >= 15 is 0 Å². The van der Waals surface area contributed by atoms with Gasteiger partial charge in [-0.15, -0.1) is 0 Å². The molecular formula is C18H22N2O. The third kappa shape index (κ3) is 3.42. The molecule has 1 saturated heterocycles. The van der Waals surface area contributed by atoms with Gasteiger partial charge < -0.3 is 4.57 Å². The average molecular weight is 282 g/mol. The fourth-order valence-electron chi connectivity index (χ4n) is 3.10. The van der Waals surface area contributed by atoms with Crippen LogP contribution in [0.5, 0.6) is 0 Å². The van der Waals surface area contributed by atoms with Gasteiger partial charge in [-0.3, -0.25) is 9.69 Å². The quantitative estimate of drug-likeness (QED) is 0.865. The Balaban J connectivity index is 1.58. The molecule has 1 aromatic heterocycles. The van der Waals surface area contributed by atoms with E-state index in [-0.39, 0.29) is 5.56 Å². The Bertz CT molecular complexity index is 640. The fraction of sp³-hybridized carbons (Fsp3) is 0.389. The molecule has 1 fully saturated rings. The fourth-order valence-corrected chi connectivity index (χ4v) is 3.10. The number of hydrogen-bond acceptors (Lipinski definition) is 2. The maximum Gasteiger partial charge on any atom is 0.250 e. The molecule has 1 aromatic carbocycles. The van der Waals surface area contributed by atoms with E-state index in [0.29, 0.717) is 5.92 Å². The van der Waals surface area contributed by atoms with Gasteiger partial charge in [-0.05, 0) is 49.0 Å². The molecule has 0 spiro atoms. The van der Waals surface area contributed by atoms with Gasteiger partial charge in [0.2, 0.25) is 0 Å². The molecule has 3 rings (SSSR count). The van der Waals surface area contributed by atoms with Gasteiger partial charge in [-0.1, -0.05) is 30.3 Å². The van der Waals surface area contributed by atoms with Crippen molar-refractivity contribution in [2.75, 3.05) is 13.1 Å². The maximum absolute atomic E-state index is 11.7. The molecule has 2 heterocycles. The summed E-state index contributed by atoms with van der Waals surface area (Å²) < 4.78 is 1.62. The summed E-state index contributed by atoms with van der Waals surface area (Å²) in [4.78, 5) is 14.1. The van der Waals surface area contributed by atoms with Crippen LogP contribution in [0, 0.1) is 0 Å². The van der Waals surface area contributed by atoms with Crippen LogP contribution < -0.4 is 5.56 Å². The number of aromatic nitrogens is 1. The predicted molar refractivity (Wildman–Crippen MR) is 85.4 cm³/mol. The molecule has 0 amide bonds. The largest absolute Gasteiger partial charge is 0.319 e. The highest BCUT2D eigenvalue weighted by atomic mass is 16.1. The van der Waals surface area contributed by atoms with Crippen LogP contribution in [0.15, 0.2) is 53.5 Å². The highest BCUT2D eigenvalue weighted by Gasteiger charge is 2.20. The molecule has 0 bridgehead atoms. The van der Waals surface area contributed by atoms with Crippen molar-refractivity contribution < 1.29 is 0 Å². The van der Waals surface area contributed by atoms with Crippen LogP contribution >= 0.6 is 0 Å². The van der Waals surface area contributed by atoms with Gasteiger partial charge in [-0.2, -0.15) is 0 Å². The molecule has 21 heavy (non-hydrogen) atoms. The first-order valence-corrected chi connectivity index (χ1v) is 7.65. The molecule has 0 radical (unpaired) electrons. The molecule has 0 unspecified atom stereocenters. The van der Waals surface area contributed by atoms with Gasteiger partial charge in [0.25, 0.3) is 5.56 Å². The van der Waals surface area contributed by atoms with Crippen LogP contribution in [0.4, 0.5) is 0 Å². The number of piperidine rings is 1. The van der Waals surface area contributed by atoms with Crippen LogP contribution in [0.1, 0.15) is 29.9 Å². The number of likely N-dealkylation sites (tertiary alicyclic amines) is 1. The van der Waals surface area contributed by atoms with Crippen LogP contribution in [-0.2, 0) is 13.6 Å². The molecule has 0 N–H and O–H groups in total. The van der Waals surface area contributed by atoms with E-state index in [1.54, 1.807) is 17.7 Å². The molecule has 0 atom stereocenters. The highest BCUT2D eigenvalue weighted by molar-refractivity contribution is 5.20. The molecule has 110 valence electrons. The van der Waals surface area contributed by atoms with Crippen LogP contribution in [-0.4, -0.2) is 22.6 Å². The first-order valence-electron chi connectivity index (χ1n) is 7.65. The lowest BCUT2D eigenvalue weighted by Gasteiger charge is -2.32. The van der Waals surface area contributed by atoms with Gasteiger partial charge in [0, 0.05) is 25.9 Å². The standard InChI is InChI=1S/C18H22N2O/c1-19-10-7-15(13-18(19)21)14-20-11-8-17(9-12-20)16-5-3-2-4-6-16/h2-7,10,13,17H,8-9,11-12,14H2,1H3. The Morgan fingerprint density at radius 2 is 1.81 bits per heavy atom. The van der Waals surface area contributed by atoms with Crippen molar-refractivity contribution in [3.63, 3.8) is 0 Å². The summed E-state index contributed by atoms with van der Waals surface area (Å²) in [6.07, 6.45) is 4.26. The lowest BCUT2D eigenvalue weighted by molar-refractivity contribution is 0.204. The number of aryl methyl sites for hydroxylation is 1. The average Bonchev–Trinajstić information content (AvgIpc) is 2.53. The Labute approximate surface area is 125 Å². The van der Waals surface area contributed by atoms with E-state index in [1.165, 1.54) is 18.4 Å². The van der Waals surface area contributed by atoms with Crippen molar-refractivity contribution in [3.8, 4) is 0 Å². The number of pyridine rings is 1. The lowest BCUT2D eigenvalue weighted by atomic mass is 9.89.